The number of nitrogens with zero attached hydrogens (tertiary/aromatic N) is 1. The van der Waals surface area contributed by atoms with E-state index < -0.39 is 10.7 Å². The highest BCUT2D eigenvalue weighted by atomic mass is 16.7. The topological polar surface area (TPSA) is 78.7 Å². The lowest BCUT2D eigenvalue weighted by Gasteiger charge is -2.35. The van der Waals surface area contributed by atoms with E-state index in [1.807, 2.05) is 18.2 Å². The van der Waals surface area contributed by atoms with E-state index in [2.05, 4.69) is 0 Å². The molecule has 2 aromatic carbocycles. The number of benzene rings is 2. The predicted molar refractivity (Wildman–Crippen MR) is 87.6 cm³/mol. The quantitative estimate of drug-likeness (QED) is 0.489. The van der Waals surface area contributed by atoms with Crippen molar-refractivity contribution in [3.8, 4) is 11.1 Å². The van der Waals surface area contributed by atoms with Gasteiger partial charge in [0.15, 0.2) is 5.78 Å². The predicted octanol–water partition coefficient (Wildman–Crippen LogP) is 3.22. The van der Waals surface area contributed by atoms with Gasteiger partial charge in [0.25, 0.3) is 11.5 Å². The monoisotopic (exact) mass is 327 g/mol. The van der Waals surface area contributed by atoms with E-state index in [0.29, 0.717) is 12.8 Å². The molecule has 0 atom stereocenters. The number of nitro benzene ring substituents is 1. The van der Waals surface area contributed by atoms with Crippen LogP contribution in [0.3, 0.4) is 0 Å². The first-order valence-corrected chi connectivity index (χ1v) is 7.53. The van der Waals surface area contributed by atoms with Crippen LogP contribution in [0.5, 0.6) is 0 Å². The highest BCUT2D eigenvalue weighted by Crippen LogP contribution is 2.38. The second-order valence-corrected chi connectivity index (χ2v) is 5.62. The molecular formula is C18H17NO5. The van der Waals surface area contributed by atoms with Crippen molar-refractivity contribution < 1.29 is 19.2 Å². The number of carbonyl (C=O) groups excluding carboxylic acids is 1. The molecule has 0 unspecified atom stereocenters. The number of nitro groups is 1. The van der Waals surface area contributed by atoms with Gasteiger partial charge in [-0.15, -0.1) is 0 Å². The molecule has 6 nitrogen and oxygen atoms in total. The Morgan fingerprint density at radius 1 is 1.00 bits per heavy atom. The van der Waals surface area contributed by atoms with Gasteiger partial charge in [-0.2, -0.15) is 0 Å². The molecule has 1 aliphatic rings. The molecule has 0 fully saturated rings. The Bertz CT molecular complexity index is 794. The van der Waals surface area contributed by atoms with Crippen molar-refractivity contribution in [2.24, 2.45) is 0 Å². The van der Waals surface area contributed by atoms with Crippen molar-refractivity contribution in [1.82, 2.24) is 0 Å². The lowest BCUT2D eigenvalue weighted by Crippen LogP contribution is -2.43. The van der Waals surface area contributed by atoms with Crippen LogP contribution in [-0.2, 0) is 26.5 Å². The van der Waals surface area contributed by atoms with Gasteiger partial charge in [-0.3, -0.25) is 14.9 Å². The smallest absolute Gasteiger partial charge is 0.269 e. The molecule has 0 saturated heterocycles. The van der Waals surface area contributed by atoms with E-state index in [1.165, 1.54) is 26.4 Å². The van der Waals surface area contributed by atoms with Gasteiger partial charge in [0, 0.05) is 38.3 Å². The number of non-ortho nitro benzene ring substituents is 1. The molecule has 0 bridgehead atoms. The molecule has 0 radical (unpaired) electrons. The third kappa shape index (κ3) is 2.50. The summed E-state index contributed by atoms with van der Waals surface area (Å²) in [5.41, 5.74) is 3.56. The zero-order valence-corrected chi connectivity index (χ0v) is 13.4. The summed E-state index contributed by atoms with van der Waals surface area (Å²) in [6, 6.07) is 12.1. The molecule has 0 aromatic heterocycles. The first-order valence-electron chi connectivity index (χ1n) is 7.53. The minimum Gasteiger partial charge on any atom is -0.343 e. The Labute approximate surface area is 139 Å². The fourth-order valence-electron chi connectivity index (χ4n) is 3.17. The van der Waals surface area contributed by atoms with E-state index in [1.54, 1.807) is 12.1 Å². The lowest BCUT2D eigenvalue weighted by atomic mass is 9.83. The number of Topliss-reactive ketones (excluding diaryl/α,β-unsaturated/α-hetero) is 1. The first kappa shape index (κ1) is 16.3. The number of hydrogen-bond acceptors (Lipinski definition) is 5. The highest BCUT2D eigenvalue weighted by Gasteiger charge is 2.44. The number of fused-ring (bicyclic) bond motifs is 1. The molecule has 3 rings (SSSR count). The third-order valence-corrected chi connectivity index (χ3v) is 4.43. The Kier molecular flexibility index (Phi) is 4.17. The number of aryl methyl sites for hydroxylation is 1. The van der Waals surface area contributed by atoms with E-state index in [9.17, 15) is 14.9 Å². The molecular weight excluding hydrogens is 310 g/mol. The van der Waals surface area contributed by atoms with Crippen molar-refractivity contribution in [2.75, 3.05) is 14.2 Å². The molecule has 0 N–H and O–H groups in total. The molecule has 24 heavy (non-hydrogen) atoms. The van der Waals surface area contributed by atoms with E-state index in [-0.39, 0.29) is 11.5 Å². The SMILES string of the molecule is COC1(OC)C(=O)CCc2cc(-c3ccc([N+](=O)[O-])cc3)ccc21. The van der Waals surface area contributed by atoms with Crippen LogP contribution >= 0.6 is 0 Å². The average Bonchev–Trinajstić information content (AvgIpc) is 2.62. The fourth-order valence-corrected chi connectivity index (χ4v) is 3.17. The molecule has 6 heteroatoms. The van der Waals surface area contributed by atoms with Crippen molar-refractivity contribution >= 4 is 11.5 Å². The van der Waals surface area contributed by atoms with Crippen LogP contribution in [0.25, 0.3) is 11.1 Å². The number of ketones is 1. The Balaban J connectivity index is 2.03. The molecule has 0 spiro atoms. The maximum atomic E-state index is 12.3. The van der Waals surface area contributed by atoms with Gasteiger partial charge in [0.2, 0.25) is 0 Å². The summed E-state index contributed by atoms with van der Waals surface area (Å²) in [6.45, 7) is 0. The number of hydrogen-bond donors (Lipinski definition) is 0. The average molecular weight is 327 g/mol. The minimum atomic E-state index is -1.35. The zero-order valence-electron chi connectivity index (χ0n) is 13.4. The van der Waals surface area contributed by atoms with E-state index in [4.69, 9.17) is 9.47 Å². The first-order chi connectivity index (χ1) is 11.5. The van der Waals surface area contributed by atoms with Crippen molar-refractivity contribution in [2.45, 2.75) is 18.6 Å². The van der Waals surface area contributed by atoms with Gasteiger partial charge in [0.1, 0.15) is 0 Å². The Morgan fingerprint density at radius 2 is 1.62 bits per heavy atom. The number of methoxy groups -OCH3 is 2. The standard InChI is InChI=1S/C18H17NO5/c1-23-18(24-2)16-9-5-13(11-14(16)6-10-17(18)20)12-3-7-15(8-4-12)19(21)22/h3-5,7-9,11H,6,10H2,1-2H3. The maximum Gasteiger partial charge on any atom is 0.269 e. The molecule has 1 aliphatic carbocycles. The summed E-state index contributed by atoms with van der Waals surface area (Å²) in [7, 11) is 2.92. The minimum absolute atomic E-state index is 0.0556. The summed E-state index contributed by atoms with van der Waals surface area (Å²) in [6.07, 6.45) is 0.960. The maximum absolute atomic E-state index is 12.3. The van der Waals surface area contributed by atoms with Gasteiger partial charge in [0.05, 0.1) is 4.92 Å². The summed E-state index contributed by atoms with van der Waals surface area (Å²) >= 11 is 0. The Morgan fingerprint density at radius 3 is 2.21 bits per heavy atom. The zero-order chi connectivity index (χ0) is 17.3. The van der Waals surface area contributed by atoms with E-state index >= 15 is 0 Å². The van der Waals surface area contributed by atoms with Gasteiger partial charge < -0.3 is 9.47 Å². The second-order valence-electron chi connectivity index (χ2n) is 5.62. The van der Waals surface area contributed by atoms with Crippen molar-refractivity contribution in [1.29, 1.82) is 0 Å². The summed E-state index contributed by atoms with van der Waals surface area (Å²) in [4.78, 5) is 22.6. The van der Waals surface area contributed by atoms with Crippen LogP contribution in [0, 0.1) is 10.1 Å². The summed E-state index contributed by atoms with van der Waals surface area (Å²) in [5.74, 6) is -1.44. The van der Waals surface area contributed by atoms with Gasteiger partial charge in [-0.1, -0.05) is 18.2 Å². The van der Waals surface area contributed by atoms with Gasteiger partial charge in [-0.25, -0.2) is 0 Å². The van der Waals surface area contributed by atoms with Crippen LogP contribution in [0.4, 0.5) is 5.69 Å². The van der Waals surface area contributed by atoms with Crippen LogP contribution in [0.1, 0.15) is 17.5 Å². The molecule has 0 amide bonds. The molecule has 2 aromatic rings. The summed E-state index contributed by atoms with van der Waals surface area (Å²) < 4.78 is 10.8. The van der Waals surface area contributed by atoms with Crippen molar-refractivity contribution in [3.05, 3.63) is 63.7 Å². The number of rotatable bonds is 4. The van der Waals surface area contributed by atoms with Crippen molar-refractivity contribution in [3.63, 3.8) is 0 Å². The fraction of sp³-hybridized carbons (Fsp3) is 0.278. The van der Waals surface area contributed by atoms with Crippen LogP contribution in [0.2, 0.25) is 0 Å². The van der Waals surface area contributed by atoms with Gasteiger partial charge in [-0.05, 0) is 35.2 Å². The van der Waals surface area contributed by atoms with Crippen LogP contribution in [-0.4, -0.2) is 24.9 Å². The summed E-state index contributed by atoms with van der Waals surface area (Å²) in [5, 5.41) is 10.8. The molecule has 0 aliphatic heterocycles. The normalized spacial score (nSPS) is 15.8. The second kappa shape index (κ2) is 6.14. The lowest BCUT2D eigenvalue weighted by molar-refractivity contribution is -0.384. The van der Waals surface area contributed by atoms with Crippen LogP contribution < -0.4 is 0 Å². The molecule has 0 saturated carbocycles. The number of carbonyl (C=O) groups is 1. The van der Waals surface area contributed by atoms with E-state index in [0.717, 1.165) is 22.3 Å². The third-order valence-electron chi connectivity index (χ3n) is 4.43. The Hall–Kier alpha value is -2.57. The van der Waals surface area contributed by atoms with Crippen LogP contribution in [0.15, 0.2) is 42.5 Å². The molecule has 124 valence electrons. The highest BCUT2D eigenvalue weighted by molar-refractivity contribution is 5.90. The largest absolute Gasteiger partial charge is 0.343 e. The van der Waals surface area contributed by atoms with Gasteiger partial charge >= 0.3 is 0 Å². The molecule has 0 heterocycles. The number of ether oxygens (including phenoxy) is 2.